The van der Waals surface area contributed by atoms with Crippen LogP contribution in [0, 0.1) is 0 Å². The highest BCUT2D eigenvalue weighted by atomic mass is 16.2. The Kier molecular flexibility index (Phi) is 14.0. The zero-order valence-corrected chi connectivity index (χ0v) is 12.3. The van der Waals surface area contributed by atoms with Gasteiger partial charge in [-0.3, -0.25) is 9.98 Å². The van der Waals surface area contributed by atoms with Gasteiger partial charge in [0.25, 0.3) is 0 Å². The van der Waals surface area contributed by atoms with E-state index in [0.717, 1.165) is 7.11 Å². The summed E-state index contributed by atoms with van der Waals surface area (Å²) in [5.41, 5.74) is 6.16. The highest BCUT2D eigenvalue weighted by Crippen LogP contribution is 1.72. The van der Waals surface area contributed by atoms with E-state index < -0.39 is 0 Å². The van der Waals surface area contributed by atoms with Gasteiger partial charge in [-0.1, -0.05) is 0 Å². The first-order valence-corrected chi connectivity index (χ1v) is 5.51. The van der Waals surface area contributed by atoms with E-state index in [0.29, 0.717) is 17.6 Å². The SMILES string of the molecule is CN=C(NC)N/N=C/C(C)=N/NC(=NC)NC.CO. The van der Waals surface area contributed by atoms with Crippen LogP contribution >= 0.6 is 0 Å². The first kappa shape index (κ1) is 19.2. The van der Waals surface area contributed by atoms with Gasteiger partial charge in [-0.25, -0.2) is 10.9 Å². The van der Waals surface area contributed by atoms with Crippen LogP contribution in [0.5, 0.6) is 0 Å². The second kappa shape index (κ2) is 13.9. The number of nitrogens with one attached hydrogen (secondary N) is 4. The lowest BCUT2D eigenvalue weighted by molar-refractivity contribution is 0.399. The molecule has 0 atom stereocenters. The summed E-state index contributed by atoms with van der Waals surface area (Å²) >= 11 is 0. The van der Waals surface area contributed by atoms with Crippen LogP contribution < -0.4 is 21.5 Å². The number of hydrogen-bond donors (Lipinski definition) is 5. The maximum atomic E-state index is 7.00. The molecule has 0 bridgehead atoms. The number of aliphatic hydroxyl groups is 1. The number of guanidine groups is 2. The lowest BCUT2D eigenvalue weighted by Crippen LogP contribution is -2.32. The monoisotopic (exact) mass is 272 g/mol. The number of rotatable bonds is 3. The van der Waals surface area contributed by atoms with Crippen LogP contribution in [0.15, 0.2) is 20.2 Å². The molecule has 9 nitrogen and oxygen atoms in total. The summed E-state index contributed by atoms with van der Waals surface area (Å²) < 4.78 is 0. The molecule has 9 heteroatoms. The fourth-order valence-corrected chi connectivity index (χ4v) is 0.792. The second-order valence-electron chi connectivity index (χ2n) is 2.88. The maximum Gasteiger partial charge on any atom is 0.211 e. The zero-order chi connectivity index (χ0) is 15.1. The fraction of sp³-hybridized carbons (Fsp3) is 0.600. The smallest absolute Gasteiger partial charge is 0.211 e. The van der Waals surface area contributed by atoms with Gasteiger partial charge in [0, 0.05) is 35.3 Å². The Bertz CT molecular complexity index is 334. The number of aliphatic hydroxyl groups excluding tert-OH is 1. The van der Waals surface area contributed by atoms with Crippen molar-refractivity contribution in [1.82, 2.24) is 21.5 Å². The minimum atomic E-state index is 0.577. The molecule has 110 valence electrons. The first-order valence-electron chi connectivity index (χ1n) is 5.51. The van der Waals surface area contributed by atoms with Gasteiger partial charge in [0.2, 0.25) is 11.9 Å². The zero-order valence-electron chi connectivity index (χ0n) is 12.3. The molecule has 19 heavy (non-hydrogen) atoms. The van der Waals surface area contributed by atoms with E-state index in [4.69, 9.17) is 5.11 Å². The average molecular weight is 272 g/mol. The molecule has 0 aliphatic rings. The standard InChI is InChI=1S/C9H20N8.CH4O/c1-7(15-17-9(12-4)13-5)6-14-16-8(10-2)11-3;1-2/h6H,1-5H3,(H2,10,11,16)(H2,12,13,17);2H,1H3/b14-6+,15-7+;. The largest absolute Gasteiger partial charge is 0.400 e. The van der Waals surface area contributed by atoms with Gasteiger partial charge in [0.05, 0.1) is 11.9 Å². The number of hydrazone groups is 2. The van der Waals surface area contributed by atoms with Crippen molar-refractivity contribution in [2.24, 2.45) is 20.2 Å². The Morgan fingerprint density at radius 2 is 1.42 bits per heavy atom. The number of aliphatic imine (C=N–C) groups is 2. The van der Waals surface area contributed by atoms with Crippen LogP contribution in [-0.4, -0.2) is 64.3 Å². The highest BCUT2D eigenvalue weighted by molar-refractivity contribution is 6.29. The third-order valence-electron chi connectivity index (χ3n) is 1.68. The van der Waals surface area contributed by atoms with Crippen molar-refractivity contribution >= 4 is 23.8 Å². The van der Waals surface area contributed by atoms with Gasteiger partial charge in [-0.05, 0) is 6.92 Å². The Morgan fingerprint density at radius 1 is 0.947 bits per heavy atom. The lowest BCUT2D eigenvalue weighted by Gasteiger charge is -2.03. The summed E-state index contributed by atoms with van der Waals surface area (Å²) in [6.45, 7) is 1.81. The molecule has 0 aliphatic carbocycles. The van der Waals surface area contributed by atoms with Crippen LogP contribution in [0.1, 0.15) is 6.92 Å². The van der Waals surface area contributed by atoms with Gasteiger partial charge < -0.3 is 15.7 Å². The molecule has 0 saturated carbocycles. The predicted molar refractivity (Wildman–Crippen MR) is 80.9 cm³/mol. The third kappa shape index (κ3) is 10.7. The minimum Gasteiger partial charge on any atom is -0.400 e. The molecule has 0 aromatic carbocycles. The van der Waals surface area contributed by atoms with E-state index in [1.807, 2.05) is 6.92 Å². The topological polar surface area (TPSA) is 118 Å². The van der Waals surface area contributed by atoms with E-state index in [-0.39, 0.29) is 0 Å². The summed E-state index contributed by atoms with van der Waals surface area (Å²) in [4.78, 5) is 7.81. The Morgan fingerprint density at radius 3 is 1.84 bits per heavy atom. The second-order valence-corrected chi connectivity index (χ2v) is 2.88. The van der Waals surface area contributed by atoms with E-state index in [9.17, 15) is 0 Å². The van der Waals surface area contributed by atoms with Crippen molar-refractivity contribution in [3.63, 3.8) is 0 Å². The molecule has 0 heterocycles. The van der Waals surface area contributed by atoms with Crippen LogP contribution in [0.2, 0.25) is 0 Å². The molecular weight excluding hydrogens is 248 g/mol. The number of hydrogen-bond acceptors (Lipinski definition) is 5. The molecule has 0 aromatic rings. The molecule has 0 amide bonds. The summed E-state index contributed by atoms with van der Waals surface area (Å²) in [5.74, 6) is 1.16. The van der Waals surface area contributed by atoms with Gasteiger partial charge in [-0.15, -0.1) is 0 Å². The number of nitrogens with zero attached hydrogens (tertiary/aromatic N) is 4. The van der Waals surface area contributed by atoms with Crippen molar-refractivity contribution in [1.29, 1.82) is 0 Å². The third-order valence-corrected chi connectivity index (χ3v) is 1.68. The van der Waals surface area contributed by atoms with Crippen LogP contribution in [-0.2, 0) is 0 Å². The van der Waals surface area contributed by atoms with E-state index in [1.54, 1.807) is 34.4 Å². The van der Waals surface area contributed by atoms with Gasteiger partial charge in [-0.2, -0.15) is 10.2 Å². The molecule has 0 aliphatic heterocycles. The summed E-state index contributed by atoms with van der Waals surface area (Å²) in [6.07, 6.45) is 1.57. The van der Waals surface area contributed by atoms with E-state index in [1.165, 1.54) is 0 Å². The predicted octanol–water partition coefficient (Wildman–Crippen LogP) is -1.45. The normalized spacial score (nSPS) is 12.7. The van der Waals surface area contributed by atoms with Crippen LogP contribution in [0.25, 0.3) is 0 Å². The molecule has 0 aromatic heterocycles. The maximum absolute atomic E-state index is 7.00. The Balaban J connectivity index is 0. The molecular formula is C10H24N8O. The highest BCUT2D eigenvalue weighted by Gasteiger charge is 1.91. The molecule has 0 spiro atoms. The lowest BCUT2D eigenvalue weighted by atomic mass is 10.5. The van der Waals surface area contributed by atoms with Crippen molar-refractivity contribution in [2.45, 2.75) is 6.92 Å². The summed E-state index contributed by atoms with van der Waals surface area (Å²) in [6, 6.07) is 0. The van der Waals surface area contributed by atoms with Crippen molar-refractivity contribution < 1.29 is 5.11 Å². The molecule has 0 rings (SSSR count). The summed E-state index contributed by atoms with van der Waals surface area (Å²) in [7, 11) is 7.83. The van der Waals surface area contributed by atoms with Gasteiger partial charge >= 0.3 is 0 Å². The minimum absolute atomic E-state index is 0.577. The molecule has 0 fully saturated rings. The Labute approximate surface area is 114 Å². The van der Waals surface area contributed by atoms with E-state index >= 15 is 0 Å². The van der Waals surface area contributed by atoms with Gasteiger partial charge in [0.15, 0.2) is 0 Å². The van der Waals surface area contributed by atoms with Crippen LogP contribution in [0.4, 0.5) is 0 Å². The van der Waals surface area contributed by atoms with Crippen molar-refractivity contribution in [3.8, 4) is 0 Å². The molecule has 0 saturated heterocycles. The quantitative estimate of drug-likeness (QED) is 0.245. The first-order chi connectivity index (χ1) is 9.17. The van der Waals surface area contributed by atoms with Crippen molar-refractivity contribution in [3.05, 3.63) is 0 Å². The van der Waals surface area contributed by atoms with Crippen LogP contribution in [0.3, 0.4) is 0 Å². The molecule has 0 radical (unpaired) electrons. The molecule has 0 unspecified atom stereocenters. The van der Waals surface area contributed by atoms with E-state index in [2.05, 4.69) is 41.7 Å². The summed E-state index contributed by atoms with van der Waals surface area (Å²) in [5, 5.41) is 20.7. The fourth-order valence-electron chi connectivity index (χ4n) is 0.792. The van der Waals surface area contributed by atoms with Crippen molar-refractivity contribution in [2.75, 3.05) is 35.3 Å². The van der Waals surface area contributed by atoms with Gasteiger partial charge in [0.1, 0.15) is 0 Å². The average Bonchev–Trinajstić information content (AvgIpc) is 2.47. The molecule has 5 N–H and O–H groups in total. The Hall–Kier alpha value is -2.16.